The predicted octanol–water partition coefficient (Wildman–Crippen LogP) is 5.47. The Morgan fingerprint density at radius 1 is 0.792 bits per heavy atom. The van der Waals surface area contributed by atoms with Gasteiger partial charge in [0.1, 0.15) is 0 Å². The van der Waals surface area contributed by atoms with Crippen LogP contribution in [0.4, 0.5) is 0 Å². The van der Waals surface area contributed by atoms with Crippen molar-refractivity contribution in [1.29, 1.82) is 0 Å². The van der Waals surface area contributed by atoms with Crippen molar-refractivity contribution in [2.75, 3.05) is 14.2 Å². The van der Waals surface area contributed by atoms with Crippen molar-refractivity contribution >= 4 is 30.4 Å². The van der Waals surface area contributed by atoms with Crippen molar-refractivity contribution < 1.29 is 9.47 Å². The SMILES string of the molecule is COc1ccc(-c2cc(Br)c(-c3ccc(OC)c(C)c3)[se]2)cc1C. The zero-order valence-electron chi connectivity index (χ0n) is 14.1. The molecule has 0 radical (unpaired) electrons. The van der Waals surface area contributed by atoms with Crippen LogP contribution < -0.4 is 9.47 Å². The van der Waals surface area contributed by atoms with Crippen molar-refractivity contribution in [3.8, 4) is 31.5 Å². The van der Waals surface area contributed by atoms with Crippen molar-refractivity contribution in [2.45, 2.75) is 13.8 Å². The number of benzene rings is 2. The van der Waals surface area contributed by atoms with Crippen LogP contribution in [0.25, 0.3) is 20.0 Å². The molecule has 1 aromatic heterocycles. The minimum absolute atomic E-state index is 0.265. The van der Waals surface area contributed by atoms with Gasteiger partial charge in [-0.15, -0.1) is 0 Å². The molecule has 0 aliphatic carbocycles. The van der Waals surface area contributed by atoms with Crippen LogP contribution in [-0.4, -0.2) is 28.7 Å². The van der Waals surface area contributed by atoms with Crippen LogP contribution in [0.15, 0.2) is 46.9 Å². The third-order valence-electron chi connectivity index (χ3n) is 4.02. The van der Waals surface area contributed by atoms with Crippen LogP contribution in [0.5, 0.6) is 11.5 Å². The van der Waals surface area contributed by atoms with E-state index in [2.05, 4.69) is 60.1 Å². The van der Waals surface area contributed by atoms with Gasteiger partial charge in [0, 0.05) is 0 Å². The van der Waals surface area contributed by atoms with Gasteiger partial charge in [-0.2, -0.15) is 0 Å². The number of aryl methyl sites for hydroxylation is 2. The predicted molar refractivity (Wildman–Crippen MR) is 105 cm³/mol. The maximum absolute atomic E-state index is 5.37. The summed E-state index contributed by atoms with van der Waals surface area (Å²) in [6.45, 7) is 4.17. The van der Waals surface area contributed by atoms with Crippen LogP contribution in [0, 0.1) is 13.8 Å². The van der Waals surface area contributed by atoms with Gasteiger partial charge in [0.25, 0.3) is 0 Å². The van der Waals surface area contributed by atoms with E-state index in [9.17, 15) is 0 Å². The summed E-state index contributed by atoms with van der Waals surface area (Å²) < 4.78 is 14.7. The normalized spacial score (nSPS) is 10.7. The molecule has 4 heteroatoms. The second kappa shape index (κ2) is 7.18. The fourth-order valence-electron chi connectivity index (χ4n) is 2.76. The molecular formula is C20H19BrO2Se. The van der Waals surface area contributed by atoms with Gasteiger partial charge >= 0.3 is 158 Å². The molecule has 0 saturated carbocycles. The summed E-state index contributed by atoms with van der Waals surface area (Å²) in [6.07, 6.45) is 0. The van der Waals surface area contributed by atoms with Crippen LogP contribution in [0.1, 0.15) is 11.1 Å². The van der Waals surface area contributed by atoms with Crippen LogP contribution in [0.3, 0.4) is 0 Å². The Morgan fingerprint density at radius 2 is 1.33 bits per heavy atom. The van der Waals surface area contributed by atoms with E-state index >= 15 is 0 Å². The Bertz CT molecular complexity index is 883. The molecule has 2 nitrogen and oxygen atoms in total. The molecule has 0 atom stereocenters. The van der Waals surface area contributed by atoms with Gasteiger partial charge in [-0.3, -0.25) is 0 Å². The molecule has 3 rings (SSSR count). The third-order valence-corrected chi connectivity index (χ3v) is 7.83. The molecular weight excluding hydrogens is 431 g/mol. The first kappa shape index (κ1) is 17.3. The first-order chi connectivity index (χ1) is 11.5. The minimum atomic E-state index is 0.265. The average molecular weight is 450 g/mol. The summed E-state index contributed by atoms with van der Waals surface area (Å²) in [5, 5.41) is 0. The molecule has 2 aromatic carbocycles. The molecule has 24 heavy (non-hydrogen) atoms. The molecule has 124 valence electrons. The molecule has 0 spiro atoms. The number of hydrogen-bond acceptors (Lipinski definition) is 2. The van der Waals surface area contributed by atoms with E-state index in [1.54, 1.807) is 14.2 Å². The number of hydrogen-bond donors (Lipinski definition) is 0. The Hall–Kier alpha value is -1.48. The van der Waals surface area contributed by atoms with Crippen LogP contribution in [0.2, 0.25) is 0 Å². The monoisotopic (exact) mass is 450 g/mol. The Labute approximate surface area is 157 Å². The molecule has 0 aliphatic heterocycles. The van der Waals surface area contributed by atoms with Crippen LogP contribution in [-0.2, 0) is 0 Å². The van der Waals surface area contributed by atoms with Gasteiger partial charge in [-0.1, -0.05) is 0 Å². The molecule has 0 fully saturated rings. The Morgan fingerprint density at radius 3 is 1.88 bits per heavy atom. The fourth-order valence-corrected chi connectivity index (χ4v) is 6.17. The van der Waals surface area contributed by atoms with E-state index in [-0.39, 0.29) is 14.5 Å². The third kappa shape index (κ3) is 3.32. The van der Waals surface area contributed by atoms with E-state index < -0.39 is 0 Å². The van der Waals surface area contributed by atoms with Crippen molar-refractivity contribution in [1.82, 2.24) is 0 Å². The molecule has 0 unspecified atom stereocenters. The molecule has 0 bridgehead atoms. The van der Waals surface area contributed by atoms with E-state index in [0.29, 0.717) is 0 Å². The summed E-state index contributed by atoms with van der Waals surface area (Å²) in [5.41, 5.74) is 4.85. The Kier molecular flexibility index (Phi) is 5.19. The average Bonchev–Trinajstić information content (AvgIpc) is 2.96. The summed E-state index contributed by atoms with van der Waals surface area (Å²) in [6, 6.07) is 15.0. The topological polar surface area (TPSA) is 18.5 Å². The van der Waals surface area contributed by atoms with Crippen molar-refractivity contribution in [3.63, 3.8) is 0 Å². The van der Waals surface area contributed by atoms with Gasteiger partial charge in [0.2, 0.25) is 0 Å². The van der Waals surface area contributed by atoms with E-state index in [1.165, 1.54) is 24.5 Å². The quantitative estimate of drug-likeness (QED) is 0.491. The number of halogens is 1. The second-order valence-corrected chi connectivity index (χ2v) is 8.72. The number of methoxy groups -OCH3 is 2. The van der Waals surface area contributed by atoms with E-state index in [1.807, 2.05) is 12.1 Å². The first-order valence-electron chi connectivity index (χ1n) is 7.63. The first-order valence-corrected chi connectivity index (χ1v) is 10.1. The van der Waals surface area contributed by atoms with Gasteiger partial charge in [0.05, 0.1) is 0 Å². The van der Waals surface area contributed by atoms with E-state index in [0.717, 1.165) is 22.6 Å². The van der Waals surface area contributed by atoms with Gasteiger partial charge < -0.3 is 0 Å². The molecule has 0 saturated heterocycles. The Balaban J connectivity index is 2.01. The zero-order chi connectivity index (χ0) is 17.3. The molecule has 0 amide bonds. The molecule has 1 heterocycles. The number of ether oxygens (including phenoxy) is 2. The summed E-state index contributed by atoms with van der Waals surface area (Å²) >= 11 is 4.01. The zero-order valence-corrected chi connectivity index (χ0v) is 17.4. The fraction of sp³-hybridized carbons (Fsp3) is 0.200. The maximum atomic E-state index is 5.37. The molecule has 0 aliphatic rings. The molecule has 0 N–H and O–H groups in total. The summed E-state index contributed by atoms with van der Waals surface area (Å²) in [7, 11) is 3.42. The second-order valence-electron chi connectivity index (χ2n) is 5.66. The number of rotatable bonds is 4. The van der Waals surface area contributed by atoms with Gasteiger partial charge in [-0.05, 0) is 0 Å². The van der Waals surface area contributed by atoms with Crippen molar-refractivity contribution in [3.05, 3.63) is 58.1 Å². The van der Waals surface area contributed by atoms with Gasteiger partial charge in [0.15, 0.2) is 0 Å². The summed E-state index contributed by atoms with van der Waals surface area (Å²) in [5.74, 6) is 1.86. The van der Waals surface area contributed by atoms with Crippen molar-refractivity contribution in [2.24, 2.45) is 0 Å². The van der Waals surface area contributed by atoms with Gasteiger partial charge in [-0.25, -0.2) is 0 Å². The van der Waals surface area contributed by atoms with Crippen LogP contribution >= 0.6 is 15.9 Å². The summed E-state index contributed by atoms with van der Waals surface area (Å²) in [4.78, 5) is 0. The molecule has 3 aromatic rings. The van der Waals surface area contributed by atoms with E-state index in [4.69, 9.17) is 9.47 Å². The standard InChI is InChI=1S/C20H19BrO2Se/c1-12-9-14(5-7-17(12)22-3)19-11-16(21)20(24-19)15-6-8-18(23-4)13(2)10-15/h5-11H,1-4H3.